The molecule has 0 fully saturated rings. The molecule has 1 aromatic heterocycles. The maximum Gasteiger partial charge on any atom is 0.314 e. The highest BCUT2D eigenvalue weighted by atomic mass is 16.5. The molecule has 0 amide bonds. The van der Waals surface area contributed by atoms with E-state index in [9.17, 15) is 4.79 Å². The molecule has 0 saturated heterocycles. The van der Waals surface area contributed by atoms with Crippen molar-refractivity contribution in [3.63, 3.8) is 0 Å². The van der Waals surface area contributed by atoms with Gasteiger partial charge in [-0.05, 0) is 44.8 Å². The number of ether oxygens (including phenoxy) is 1. The van der Waals surface area contributed by atoms with Crippen molar-refractivity contribution in [1.82, 2.24) is 10.3 Å². The van der Waals surface area contributed by atoms with E-state index < -0.39 is 0 Å². The van der Waals surface area contributed by atoms with Crippen LogP contribution in [-0.2, 0) is 4.79 Å². The molecule has 1 aromatic carbocycles. The molecule has 5 N–H and O–H groups in total. The van der Waals surface area contributed by atoms with E-state index in [-0.39, 0.29) is 17.7 Å². The van der Waals surface area contributed by atoms with Crippen molar-refractivity contribution in [2.24, 2.45) is 16.1 Å². The Morgan fingerprint density at radius 1 is 1.15 bits per heavy atom. The summed E-state index contributed by atoms with van der Waals surface area (Å²) < 4.78 is 5.38. The molecule has 0 radical (unpaired) electrons. The van der Waals surface area contributed by atoms with Crippen LogP contribution in [0, 0.1) is 5.92 Å². The molecule has 0 aliphatic heterocycles. The summed E-state index contributed by atoms with van der Waals surface area (Å²) in [7, 11) is 3.75. The Balaban J connectivity index is 0.00000105. The molecule has 0 bridgehead atoms. The number of anilines is 2. The average molecular weight is 358 g/mol. The van der Waals surface area contributed by atoms with Crippen LogP contribution in [0.5, 0.6) is 5.75 Å². The van der Waals surface area contributed by atoms with Crippen LogP contribution in [0.1, 0.15) is 20.3 Å². The van der Waals surface area contributed by atoms with Gasteiger partial charge in [0.15, 0.2) is 11.6 Å². The number of rotatable bonds is 5. The van der Waals surface area contributed by atoms with Gasteiger partial charge in [-0.3, -0.25) is 4.79 Å². The van der Waals surface area contributed by atoms with Crippen molar-refractivity contribution in [2.45, 2.75) is 20.3 Å². The first kappa shape index (κ1) is 21.0. The summed E-state index contributed by atoms with van der Waals surface area (Å²) in [4.78, 5) is 15.8. The molecule has 0 spiro atoms. The molecule has 0 aliphatic carbocycles. The summed E-state index contributed by atoms with van der Waals surface area (Å²) in [5.41, 5.74) is 12.1. The van der Waals surface area contributed by atoms with Crippen LogP contribution in [-0.4, -0.2) is 25.0 Å². The lowest BCUT2D eigenvalue weighted by Crippen LogP contribution is -2.16. The highest BCUT2D eigenvalue weighted by Crippen LogP contribution is 2.30. The third-order valence-corrected chi connectivity index (χ3v) is 3.28. The molecule has 0 aliphatic rings. The zero-order valence-corrected chi connectivity index (χ0v) is 15.6. The number of benzene rings is 1. The molecule has 1 unspecified atom stereocenters. The van der Waals surface area contributed by atoms with Crippen molar-refractivity contribution < 1.29 is 9.53 Å². The Bertz CT molecular complexity index is 748. The van der Waals surface area contributed by atoms with E-state index >= 15 is 0 Å². The lowest BCUT2D eigenvalue weighted by atomic mass is 10.1. The molecule has 8 nitrogen and oxygen atoms in total. The number of carbonyl (C=O) groups excluding carboxylic acids is 1. The van der Waals surface area contributed by atoms with Crippen LogP contribution < -0.4 is 21.5 Å². The molecule has 1 atom stereocenters. The highest BCUT2D eigenvalue weighted by Gasteiger charge is 2.15. The minimum atomic E-state index is -0.302. The van der Waals surface area contributed by atoms with Crippen LogP contribution in [0.3, 0.4) is 0 Å². The first-order valence-corrected chi connectivity index (χ1v) is 8.25. The Kier molecular flexibility index (Phi) is 8.72. The summed E-state index contributed by atoms with van der Waals surface area (Å²) in [6, 6.07) is 10.1. The Morgan fingerprint density at radius 3 is 2.38 bits per heavy atom. The second-order valence-corrected chi connectivity index (χ2v) is 5.54. The van der Waals surface area contributed by atoms with Gasteiger partial charge >= 0.3 is 5.97 Å². The van der Waals surface area contributed by atoms with Gasteiger partial charge in [0, 0.05) is 0 Å². The summed E-state index contributed by atoms with van der Waals surface area (Å²) in [5.74, 6) is 0.358. The van der Waals surface area contributed by atoms with Crippen LogP contribution in [0.4, 0.5) is 23.0 Å². The van der Waals surface area contributed by atoms with E-state index in [0.717, 1.165) is 0 Å². The number of nitrogen functional groups attached to an aromatic ring is 2. The van der Waals surface area contributed by atoms with Crippen molar-refractivity contribution in [3.05, 3.63) is 36.4 Å². The summed E-state index contributed by atoms with van der Waals surface area (Å²) in [6.45, 7) is 3.74. The molecule has 2 aromatic rings. The molecular weight excluding hydrogens is 332 g/mol. The zero-order valence-electron chi connectivity index (χ0n) is 15.6. The first-order valence-electron chi connectivity index (χ1n) is 8.25. The van der Waals surface area contributed by atoms with Crippen molar-refractivity contribution in [2.75, 3.05) is 25.6 Å². The first-order chi connectivity index (χ1) is 12.4. The number of aromatic nitrogens is 1. The van der Waals surface area contributed by atoms with E-state index in [1.165, 1.54) is 0 Å². The van der Waals surface area contributed by atoms with E-state index in [0.29, 0.717) is 29.4 Å². The van der Waals surface area contributed by atoms with Gasteiger partial charge in [-0.25, -0.2) is 4.98 Å². The molecule has 0 saturated carbocycles. The number of nitrogens with two attached hydrogens (primary N) is 2. The van der Waals surface area contributed by atoms with E-state index in [1.54, 1.807) is 36.4 Å². The Morgan fingerprint density at radius 2 is 1.77 bits per heavy atom. The third kappa shape index (κ3) is 6.48. The van der Waals surface area contributed by atoms with E-state index in [1.807, 2.05) is 27.9 Å². The normalized spacial score (nSPS) is 11.5. The predicted molar refractivity (Wildman–Crippen MR) is 104 cm³/mol. The van der Waals surface area contributed by atoms with Gasteiger partial charge in [-0.1, -0.05) is 26.0 Å². The number of carbonyl (C=O) groups is 1. The smallest absolute Gasteiger partial charge is 0.314 e. The van der Waals surface area contributed by atoms with Crippen LogP contribution in [0.2, 0.25) is 0 Å². The molecule has 140 valence electrons. The van der Waals surface area contributed by atoms with E-state index in [2.05, 4.69) is 20.5 Å². The number of nitrogens with one attached hydrogen (secondary N) is 1. The third-order valence-electron chi connectivity index (χ3n) is 3.28. The Hall–Kier alpha value is -3.00. The van der Waals surface area contributed by atoms with E-state index in [4.69, 9.17) is 16.2 Å². The Labute approximate surface area is 153 Å². The van der Waals surface area contributed by atoms with Crippen LogP contribution in [0.15, 0.2) is 46.6 Å². The van der Waals surface area contributed by atoms with Crippen LogP contribution >= 0.6 is 0 Å². The van der Waals surface area contributed by atoms with Gasteiger partial charge in [0.2, 0.25) is 0 Å². The number of esters is 1. The number of nitrogens with zero attached hydrogens (tertiary/aromatic N) is 3. The monoisotopic (exact) mass is 358 g/mol. The maximum atomic E-state index is 11.9. The van der Waals surface area contributed by atoms with Gasteiger partial charge < -0.3 is 21.5 Å². The second kappa shape index (κ2) is 10.8. The van der Waals surface area contributed by atoms with Gasteiger partial charge in [0.05, 0.1) is 5.92 Å². The SMILES string of the molecule is CCC(C)C(=O)Oc1ccccc1N=Nc1ccc(N)nc1N.CNC. The maximum absolute atomic E-state index is 11.9. The highest BCUT2D eigenvalue weighted by molar-refractivity contribution is 5.76. The molecule has 1 heterocycles. The molecule has 8 heteroatoms. The molecule has 2 rings (SSSR count). The van der Waals surface area contributed by atoms with Crippen molar-refractivity contribution in [3.8, 4) is 5.75 Å². The van der Waals surface area contributed by atoms with Gasteiger partial charge in [0.1, 0.15) is 17.2 Å². The number of pyridine rings is 1. The number of azo groups is 1. The van der Waals surface area contributed by atoms with Crippen molar-refractivity contribution in [1.29, 1.82) is 0 Å². The van der Waals surface area contributed by atoms with Crippen LogP contribution in [0.25, 0.3) is 0 Å². The topological polar surface area (TPSA) is 128 Å². The standard InChI is InChI=1S/C16H19N5O2.C2H7N/c1-3-10(2)16(22)23-13-7-5-4-6-11(13)20-21-12-8-9-14(17)19-15(12)18;1-3-2/h4-10H,3H2,1-2H3,(H4,17,18,19);3H,1-2H3. The fraction of sp³-hybridized carbons (Fsp3) is 0.333. The summed E-state index contributed by atoms with van der Waals surface area (Å²) in [6.07, 6.45) is 0.705. The molecule has 26 heavy (non-hydrogen) atoms. The number of para-hydroxylation sites is 1. The minimum absolute atomic E-state index is 0.183. The van der Waals surface area contributed by atoms with Gasteiger partial charge in [-0.2, -0.15) is 0 Å². The quantitative estimate of drug-likeness (QED) is 0.426. The summed E-state index contributed by atoms with van der Waals surface area (Å²) >= 11 is 0. The lowest BCUT2D eigenvalue weighted by Gasteiger charge is -2.10. The minimum Gasteiger partial charge on any atom is -0.424 e. The lowest BCUT2D eigenvalue weighted by molar-refractivity contribution is -0.138. The second-order valence-electron chi connectivity index (χ2n) is 5.54. The predicted octanol–water partition coefficient (Wildman–Crippen LogP) is 3.45. The fourth-order valence-corrected chi connectivity index (χ4v) is 1.68. The van der Waals surface area contributed by atoms with Gasteiger partial charge in [-0.15, -0.1) is 10.2 Å². The number of hydrogen-bond donors (Lipinski definition) is 3. The summed E-state index contributed by atoms with van der Waals surface area (Å²) in [5, 5.41) is 10.9. The zero-order chi connectivity index (χ0) is 19.5. The largest absolute Gasteiger partial charge is 0.424 e. The number of hydrogen-bond acceptors (Lipinski definition) is 8. The van der Waals surface area contributed by atoms with Crippen molar-refractivity contribution >= 4 is 29.0 Å². The fourth-order valence-electron chi connectivity index (χ4n) is 1.68. The van der Waals surface area contributed by atoms with Gasteiger partial charge in [0.25, 0.3) is 0 Å². The molecular formula is C18H26N6O2. The average Bonchev–Trinajstić information content (AvgIpc) is 2.62.